The van der Waals surface area contributed by atoms with E-state index in [4.69, 9.17) is 26.2 Å². The van der Waals surface area contributed by atoms with Gasteiger partial charge in [0.05, 0.1) is 32.3 Å². The van der Waals surface area contributed by atoms with E-state index in [0.717, 1.165) is 11.3 Å². The molecule has 1 aromatic carbocycles. The summed E-state index contributed by atoms with van der Waals surface area (Å²) in [4.78, 5) is 24.8. The van der Waals surface area contributed by atoms with E-state index in [1.165, 1.54) is 0 Å². The third-order valence-corrected chi connectivity index (χ3v) is 4.32. The lowest BCUT2D eigenvalue weighted by atomic mass is 10.1. The highest BCUT2D eigenvalue weighted by molar-refractivity contribution is 6.31. The van der Waals surface area contributed by atoms with Gasteiger partial charge < -0.3 is 19.5 Å². The average Bonchev–Trinajstić information content (AvgIpc) is 2.54. The van der Waals surface area contributed by atoms with Crippen LogP contribution in [0, 0.1) is 6.92 Å². The molecule has 1 aliphatic rings. The van der Waals surface area contributed by atoms with Crippen molar-refractivity contribution in [3.8, 4) is 5.75 Å². The molecule has 1 N–H and O–H groups in total. The van der Waals surface area contributed by atoms with Crippen LogP contribution in [0.15, 0.2) is 18.2 Å². The van der Waals surface area contributed by atoms with E-state index in [1.54, 1.807) is 17.0 Å². The van der Waals surface area contributed by atoms with Crippen LogP contribution in [0.3, 0.4) is 0 Å². The number of hydrogen-bond donors (Lipinski definition) is 1. The van der Waals surface area contributed by atoms with Crippen LogP contribution in [0.4, 0.5) is 0 Å². The lowest BCUT2D eigenvalue weighted by Crippen LogP contribution is -2.49. The Hall–Kier alpha value is -1.79. The molecule has 0 aromatic heterocycles. The maximum Gasteiger partial charge on any atom is 0.305 e. The maximum absolute atomic E-state index is 12.3. The third kappa shape index (κ3) is 5.39. The quantitative estimate of drug-likeness (QED) is 0.760. The molecule has 2 rings (SSSR count). The number of carbonyl (C=O) groups is 2. The minimum Gasteiger partial charge on any atom is -0.494 e. The molecule has 1 heterocycles. The molecule has 6 nitrogen and oxygen atoms in total. The SMILES string of the molecule is Cc1cc(OCCCC(=O)N2CCOCC2CC(=O)O)ccc1Cl. The Bertz CT molecular complexity index is 592. The van der Waals surface area contributed by atoms with E-state index in [2.05, 4.69) is 0 Å². The number of aryl methyl sites for hydroxylation is 1. The van der Waals surface area contributed by atoms with Crippen molar-refractivity contribution in [2.45, 2.75) is 32.2 Å². The van der Waals surface area contributed by atoms with E-state index in [0.29, 0.717) is 37.6 Å². The smallest absolute Gasteiger partial charge is 0.305 e. The predicted molar refractivity (Wildman–Crippen MR) is 89.5 cm³/mol. The summed E-state index contributed by atoms with van der Waals surface area (Å²) in [6.07, 6.45) is 0.798. The Morgan fingerprint density at radius 3 is 2.96 bits per heavy atom. The van der Waals surface area contributed by atoms with Crippen LogP contribution < -0.4 is 4.74 Å². The van der Waals surface area contributed by atoms with E-state index >= 15 is 0 Å². The molecule has 1 saturated heterocycles. The van der Waals surface area contributed by atoms with Crippen LogP contribution in [0.25, 0.3) is 0 Å². The number of carboxylic acid groups (broad SMARTS) is 1. The van der Waals surface area contributed by atoms with Crippen LogP contribution in [-0.4, -0.2) is 54.3 Å². The van der Waals surface area contributed by atoms with E-state index in [-0.39, 0.29) is 25.0 Å². The van der Waals surface area contributed by atoms with Gasteiger partial charge in [-0.25, -0.2) is 0 Å². The second-order valence-corrected chi connectivity index (χ2v) is 6.18. The highest BCUT2D eigenvalue weighted by Crippen LogP contribution is 2.21. The monoisotopic (exact) mass is 355 g/mol. The third-order valence-electron chi connectivity index (χ3n) is 3.89. The lowest BCUT2D eigenvalue weighted by molar-refractivity contribution is -0.146. The van der Waals surface area contributed by atoms with Crippen molar-refractivity contribution in [2.75, 3.05) is 26.4 Å². The summed E-state index contributed by atoms with van der Waals surface area (Å²) in [5.41, 5.74) is 0.940. The fourth-order valence-corrected chi connectivity index (χ4v) is 2.74. The Labute approximate surface area is 146 Å². The van der Waals surface area contributed by atoms with Gasteiger partial charge in [0.15, 0.2) is 0 Å². The number of nitrogens with zero attached hydrogens (tertiary/aromatic N) is 1. The molecule has 1 amide bonds. The van der Waals surface area contributed by atoms with E-state index in [9.17, 15) is 9.59 Å². The Balaban J connectivity index is 1.77. The number of aliphatic carboxylic acids is 1. The fourth-order valence-electron chi connectivity index (χ4n) is 2.62. The molecule has 0 spiro atoms. The molecule has 24 heavy (non-hydrogen) atoms. The average molecular weight is 356 g/mol. The molecule has 1 unspecified atom stereocenters. The zero-order valence-corrected chi connectivity index (χ0v) is 14.4. The van der Waals surface area contributed by atoms with Gasteiger partial charge in [-0.15, -0.1) is 0 Å². The zero-order chi connectivity index (χ0) is 17.5. The highest BCUT2D eigenvalue weighted by Gasteiger charge is 2.28. The maximum atomic E-state index is 12.3. The van der Waals surface area contributed by atoms with Crippen molar-refractivity contribution < 1.29 is 24.2 Å². The van der Waals surface area contributed by atoms with Crippen molar-refractivity contribution in [1.82, 2.24) is 4.90 Å². The van der Waals surface area contributed by atoms with Crippen LogP contribution in [-0.2, 0) is 14.3 Å². The number of halogens is 1. The Morgan fingerprint density at radius 1 is 1.46 bits per heavy atom. The van der Waals surface area contributed by atoms with Crippen molar-refractivity contribution in [2.24, 2.45) is 0 Å². The van der Waals surface area contributed by atoms with Crippen LogP contribution in [0.1, 0.15) is 24.8 Å². The summed E-state index contributed by atoms with van der Waals surface area (Å²) in [7, 11) is 0. The summed E-state index contributed by atoms with van der Waals surface area (Å²) in [6, 6.07) is 5.04. The molecule has 132 valence electrons. The van der Waals surface area contributed by atoms with Gasteiger partial charge in [0.2, 0.25) is 5.91 Å². The molecule has 0 bridgehead atoms. The van der Waals surface area contributed by atoms with Gasteiger partial charge in [0, 0.05) is 18.0 Å². The number of carboxylic acids is 1. The van der Waals surface area contributed by atoms with Gasteiger partial charge in [0.1, 0.15) is 5.75 Å². The van der Waals surface area contributed by atoms with Gasteiger partial charge >= 0.3 is 5.97 Å². The molecule has 1 aromatic rings. The van der Waals surface area contributed by atoms with Crippen LogP contribution >= 0.6 is 11.6 Å². The Morgan fingerprint density at radius 2 is 2.25 bits per heavy atom. The summed E-state index contributed by atoms with van der Waals surface area (Å²) >= 11 is 5.96. The number of carbonyl (C=O) groups excluding carboxylic acids is 1. The van der Waals surface area contributed by atoms with Crippen molar-refractivity contribution in [3.05, 3.63) is 28.8 Å². The minimum absolute atomic E-state index is 0.0552. The van der Waals surface area contributed by atoms with E-state index in [1.807, 2.05) is 13.0 Å². The second-order valence-electron chi connectivity index (χ2n) is 5.78. The number of rotatable bonds is 7. The van der Waals surface area contributed by atoms with Crippen molar-refractivity contribution >= 4 is 23.5 Å². The van der Waals surface area contributed by atoms with Gasteiger partial charge in [0.25, 0.3) is 0 Å². The number of amides is 1. The molecule has 7 heteroatoms. The first-order valence-electron chi connectivity index (χ1n) is 7.95. The zero-order valence-electron chi connectivity index (χ0n) is 13.7. The normalized spacial score (nSPS) is 17.6. The number of benzene rings is 1. The van der Waals surface area contributed by atoms with Crippen molar-refractivity contribution in [1.29, 1.82) is 0 Å². The molecule has 0 aliphatic carbocycles. The molecule has 1 atom stereocenters. The molecule has 0 saturated carbocycles. The Kier molecular flexibility index (Phi) is 6.87. The first-order chi connectivity index (χ1) is 11.5. The molecule has 0 radical (unpaired) electrons. The van der Waals surface area contributed by atoms with Gasteiger partial charge in [-0.2, -0.15) is 0 Å². The summed E-state index contributed by atoms with van der Waals surface area (Å²) in [6.45, 7) is 3.48. The van der Waals surface area contributed by atoms with Crippen LogP contribution in [0.2, 0.25) is 5.02 Å². The summed E-state index contributed by atoms with van der Waals surface area (Å²) in [5, 5.41) is 9.61. The molecular formula is C17H22ClNO5. The molecular weight excluding hydrogens is 334 g/mol. The predicted octanol–water partition coefficient (Wildman–Crippen LogP) is 2.51. The van der Waals surface area contributed by atoms with Gasteiger partial charge in [-0.1, -0.05) is 11.6 Å². The topological polar surface area (TPSA) is 76.1 Å². The van der Waals surface area contributed by atoms with E-state index < -0.39 is 5.97 Å². The first kappa shape index (κ1) is 18.5. The molecule has 1 fully saturated rings. The second kappa shape index (κ2) is 8.89. The number of morpholine rings is 1. The summed E-state index contributed by atoms with van der Waals surface area (Å²) in [5.74, 6) is -0.260. The van der Waals surface area contributed by atoms with Gasteiger partial charge in [-0.3, -0.25) is 9.59 Å². The lowest BCUT2D eigenvalue weighted by Gasteiger charge is -2.35. The summed E-state index contributed by atoms with van der Waals surface area (Å²) < 4.78 is 10.9. The number of ether oxygens (including phenoxy) is 2. The van der Waals surface area contributed by atoms with Crippen molar-refractivity contribution in [3.63, 3.8) is 0 Å². The van der Waals surface area contributed by atoms with Crippen LogP contribution in [0.5, 0.6) is 5.75 Å². The minimum atomic E-state index is -0.926. The first-order valence-corrected chi connectivity index (χ1v) is 8.33. The largest absolute Gasteiger partial charge is 0.494 e. The van der Waals surface area contributed by atoms with Gasteiger partial charge in [-0.05, 0) is 37.1 Å². The highest BCUT2D eigenvalue weighted by atomic mass is 35.5. The number of hydrogen-bond acceptors (Lipinski definition) is 4. The standard InChI is InChI=1S/C17H22ClNO5/c1-12-9-14(4-5-15(12)18)24-7-2-3-16(20)19-6-8-23-11-13(19)10-17(21)22/h4-5,9,13H,2-3,6-8,10-11H2,1H3,(H,21,22). The molecule has 1 aliphatic heterocycles. The fraction of sp³-hybridized carbons (Fsp3) is 0.529.